The standard InChI is InChI=1S/C32H33NO4/c1-4-36-31(34)28-23(3)33-30(26-17-9-6-10-18-26)29(32(35)37-21-24-14-7-5-8-15-24)27(28)20-19-25-16-12-11-13-22(25)2/h5-20,22,25,27,33H,4,21H2,1-3H3/b20-19+. The second-order valence-electron chi connectivity index (χ2n) is 9.17. The Hall–Kier alpha value is -4.12. The second-order valence-corrected chi connectivity index (χ2v) is 9.17. The van der Waals surface area contributed by atoms with Gasteiger partial charge in [0.15, 0.2) is 0 Å². The fourth-order valence-electron chi connectivity index (χ4n) is 4.61. The van der Waals surface area contributed by atoms with Crippen molar-refractivity contribution < 1.29 is 19.1 Å². The van der Waals surface area contributed by atoms with Crippen LogP contribution in [0.4, 0.5) is 0 Å². The van der Waals surface area contributed by atoms with Crippen LogP contribution in [0.2, 0.25) is 0 Å². The molecule has 1 aliphatic heterocycles. The van der Waals surface area contributed by atoms with E-state index >= 15 is 0 Å². The molecule has 1 aliphatic carbocycles. The Labute approximate surface area is 218 Å². The van der Waals surface area contributed by atoms with Gasteiger partial charge in [-0.1, -0.05) is 104 Å². The molecule has 190 valence electrons. The van der Waals surface area contributed by atoms with Crippen molar-refractivity contribution >= 4 is 17.6 Å². The average molecular weight is 496 g/mol. The highest BCUT2D eigenvalue weighted by Gasteiger charge is 2.37. The van der Waals surface area contributed by atoms with E-state index in [1.807, 2.05) is 85.8 Å². The minimum Gasteiger partial charge on any atom is -0.463 e. The van der Waals surface area contributed by atoms with Gasteiger partial charge in [0.25, 0.3) is 0 Å². The summed E-state index contributed by atoms with van der Waals surface area (Å²) in [6.07, 6.45) is 12.3. The molecule has 0 aromatic heterocycles. The first-order valence-electron chi connectivity index (χ1n) is 12.7. The molecule has 0 radical (unpaired) electrons. The molecule has 4 rings (SSSR count). The Balaban J connectivity index is 1.79. The lowest BCUT2D eigenvalue weighted by atomic mass is 9.81. The second kappa shape index (κ2) is 12.2. The maximum absolute atomic E-state index is 13.8. The summed E-state index contributed by atoms with van der Waals surface area (Å²) >= 11 is 0. The van der Waals surface area contributed by atoms with Crippen LogP contribution < -0.4 is 5.32 Å². The summed E-state index contributed by atoms with van der Waals surface area (Å²) in [6.45, 7) is 6.13. The lowest BCUT2D eigenvalue weighted by Crippen LogP contribution is -2.33. The third-order valence-corrected chi connectivity index (χ3v) is 6.59. The zero-order chi connectivity index (χ0) is 26.2. The number of dihydropyridines is 1. The molecular formula is C32H33NO4. The van der Waals surface area contributed by atoms with Crippen LogP contribution in [0.1, 0.15) is 31.9 Å². The summed E-state index contributed by atoms with van der Waals surface area (Å²) in [5.41, 5.74) is 3.80. The summed E-state index contributed by atoms with van der Waals surface area (Å²) in [5.74, 6) is -1.12. The number of benzene rings is 2. The first-order valence-corrected chi connectivity index (χ1v) is 12.7. The zero-order valence-electron chi connectivity index (χ0n) is 21.5. The fourth-order valence-corrected chi connectivity index (χ4v) is 4.61. The Morgan fingerprint density at radius 3 is 2.19 bits per heavy atom. The zero-order valence-corrected chi connectivity index (χ0v) is 21.5. The number of allylic oxidation sites excluding steroid dienone is 7. The van der Waals surface area contributed by atoms with Crippen molar-refractivity contribution in [1.29, 1.82) is 0 Å². The van der Waals surface area contributed by atoms with E-state index < -0.39 is 17.9 Å². The van der Waals surface area contributed by atoms with Gasteiger partial charge in [-0.15, -0.1) is 0 Å². The lowest BCUT2D eigenvalue weighted by molar-refractivity contribution is -0.141. The highest BCUT2D eigenvalue weighted by molar-refractivity contribution is 6.04. The highest BCUT2D eigenvalue weighted by atomic mass is 16.5. The van der Waals surface area contributed by atoms with Gasteiger partial charge in [-0.25, -0.2) is 9.59 Å². The number of nitrogens with one attached hydrogen (secondary N) is 1. The van der Waals surface area contributed by atoms with Crippen molar-refractivity contribution in [2.45, 2.75) is 27.4 Å². The first kappa shape index (κ1) is 26.0. The fraction of sp³-hybridized carbons (Fsp3) is 0.250. The topological polar surface area (TPSA) is 64.6 Å². The van der Waals surface area contributed by atoms with Gasteiger partial charge in [0.05, 0.1) is 23.5 Å². The predicted octanol–water partition coefficient (Wildman–Crippen LogP) is 6.13. The van der Waals surface area contributed by atoms with E-state index in [-0.39, 0.29) is 19.1 Å². The van der Waals surface area contributed by atoms with E-state index in [4.69, 9.17) is 9.47 Å². The third kappa shape index (κ3) is 6.18. The van der Waals surface area contributed by atoms with Gasteiger partial charge in [-0.05, 0) is 30.9 Å². The SMILES string of the molecule is CCOC(=O)C1=C(C)NC(c2ccccc2)=C(C(=O)OCc2ccccc2)C1/C=C/C1C=CC=CC1C. The van der Waals surface area contributed by atoms with E-state index in [1.54, 1.807) is 6.92 Å². The molecule has 2 aromatic carbocycles. The molecule has 1 heterocycles. The van der Waals surface area contributed by atoms with Crippen molar-refractivity contribution in [3.63, 3.8) is 0 Å². The van der Waals surface area contributed by atoms with Gasteiger partial charge in [0.2, 0.25) is 0 Å². The minimum atomic E-state index is -0.634. The third-order valence-electron chi connectivity index (χ3n) is 6.59. The molecule has 3 unspecified atom stereocenters. The van der Waals surface area contributed by atoms with E-state index in [0.717, 1.165) is 11.1 Å². The molecule has 0 spiro atoms. The number of hydrogen-bond acceptors (Lipinski definition) is 5. The van der Waals surface area contributed by atoms with Crippen LogP contribution in [-0.4, -0.2) is 18.5 Å². The van der Waals surface area contributed by atoms with Crippen molar-refractivity contribution in [2.75, 3.05) is 6.61 Å². The van der Waals surface area contributed by atoms with Gasteiger partial charge >= 0.3 is 11.9 Å². The van der Waals surface area contributed by atoms with Gasteiger partial charge < -0.3 is 14.8 Å². The Morgan fingerprint density at radius 2 is 1.51 bits per heavy atom. The van der Waals surface area contributed by atoms with Crippen molar-refractivity contribution in [3.8, 4) is 0 Å². The molecule has 5 nitrogen and oxygen atoms in total. The van der Waals surface area contributed by atoms with Crippen LogP contribution in [0, 0.1) is 17.8 Å². The van der Waals surface area contributed by atoms with Gasteiger partial charge in [-0.2, -0.15) is 0 Å². The first-order chi connectivity index (χ1) is 18.0. The number of rotatable bonds is 8. The van der Waals surface area contributed by atoms with Gasteiger partial charge in [0.1, 0.15) is 6.61 Å². The molecule has 3 atom stereocenters. The maximum atomic E-state index is 13.8. The maximum Gasteiger partial charge on any atom is 0.337 e. The Morgan fingerprint density at radius 1 is 0.865 bits per heavy atom. The molecular weight excluding hydrogens is 462 g/mol. The normalized spacial score (nSPS) is 21.2. The van der Waals surface area contributed by atoms with E-state index in [9.17, 15) is 9.59 Å². The molecule has 0 saturated carbocycles. The monoisotopic (exact) mass is 495 g/mol. The molecule has 0 bridgehead atoms. The summed E-state index contributed by atoms with van der Waals surface area (Å²) in [6, 6.07) is 19.2. The number of carbonyl (C=O) groups excluding carboxylic acids is 2. The Bertz CT molecular complexity index is 1270. The Kier molecular flexibility index (Phi) is 8.57. The van der Waals surface area contributed by atoms with Gasteiger partial charge in [-0.3, -0.25) is 0 Å². The van der Waals surface area contributed by atoms with E-state index in [2.05, 4.69) is 30.5 Å². The molecule has 1 N–H and O–H groups in total. The van der Waals surface area contributed by atoms with Crippen molar-refractivity contribution in [2.24, 2.45) is 17.8 Å². The smallest absolute Gasteiger partial charge is 0.337 e. The average Bonchev–Trinajstić information content (AvgIpc) is 2.92. The minimum absolute atomic E-state index is 0.131. The number of hydrogen-bond donors (Lipinski definition) is 1. The van der Waals surface area contributed by atoms with Crippen LogP contribution in [0.5, 0.6) is 0 Å². The number of carbonyl (C=O) groups is 2. The van der Waals surface area contributed by atoms with Crippen LogP contribution in [0.25, 0.3) is 5.70 Å². The van der Waals surface area contributed by atoms with Crippen LogP contribution in [0.3, 0.4) is 0 Å². The largest absolute Gasteiger partial charge is 0.463 e. The predicted molar refractivity (Wildman–Crippen MR) is 146 cm³/mol. The molecule has 37 heavy (non-hydrogen) atoms. The van der Waals surface area contributed by atoms with Crippen molar-refractivity contribution in [1.82, 2.24) is 5.32 Å². The molecule has 2 aromatic rings. The molecule has 5 heteroatoms. The summed E-state index contributed by atoms with van der Waals surface area (Å²) in [5, 5.41) is 3.33. The summed E-state index contributed by atoms with van der Waals surface area (Å²) in [7, 11) is 0. The summed E-state index contributed by atoms with van der Waals surface area (Å²) < 4.78 is 11.2. The van der Waals surface area contributed by atoms with Crippen LogP contribution in [-0.2, 0) is 25.7 Å². The highest BCUT2D eigenvalue weighted by Crippen LogP contribution is 2.37. The number of ether oxygens (including phenoxy) is 2. The van der Waals surface area contributed by atoms with Crippen LogP contribution in [0.15, 0.2) is 114 Å². The molecule has 0 amide bonds. The summed E-state index contributed by atoms with van der Waals surface area (Å²) in [4.78, 5) is 26.9. The molecule has 2 aliphatic rings. The van der Waals surface area contributed by atoms with Crippen LogP contribution >= 0.6 is 0 Å². The van der Waals surface area contributed by atoms with E-state index in [0.29, 0.717) is 28.5 Å². The molecule has 0 fully saturated rings. The lowest BCUT2D eigenvalue weighted by Gasteiger charge is -2.30. The quantitative estimate of drug-likeness (QED) is 0.352. The van der Waals surface area contributed by atoms with E-state index in [1.165, 1.54) is 0 Å². The van der Waals surface area contributed by atoms with Crippen molar-refractivity contribution in [3.05, 3.63) is 125 Å². The van der Waals surface area contributed by atoms with Gasteiger partial charge in [0, 0.05) is 17.5 Å². The number of esters is 2. The molecule has 0 saturated heterocycles.